The van der Waals surface area contributed by atoms with Crippen LogP contribution in [-0.4, -0.2) is 66.5 Å². The van der Waals surface area contributed by atoms with E-state index in [9.17, 15) is 28.9 Å². The maximum Gasteiger partial charge on any atom is 0.472 e. The Kier molecular flexibility index (Phi) is 55.1. The average molecular weight is 1070 g/mol. The van der Waals surface area contributed by atoms with E-state index in [-0.39, 0.29) is 25.9 Å². The molecular weight excluding hydrogens is 952 g/mol. The van der Waals surface area contributed by atoms with Crippen LogP contribution >= 0.6 is 7.82 Å². The van der Waals surface area contributed by atoms with E-state index in [1.807, 2.05) is 0 Å². The highest BCUT2D eigenvalue weighted by molar-refractivity contribution is 7.47. The molecule has 0 aromatic heterocycles. The molecule has 0 bridgehead atoms. The van der Waals surface area contributed by atoms with Gasteiger partial charge in [0.25, 0.3) is 0 Å². The molecule has 3 unspecified atom stereocenters. The number of esters is 3. The van der Waals surface area contributed by atoms with E-state index in [4.69, 9.17) is 23.3 Å². The summed E-state index contributed by atoms with van der Waals surface area (Å²) in [5.74, 6) is -1.46. The molecule has 3 atom stereocenters. The molecule has 0 heterocycles. The van der Waals surface area contributed by atoms with Crippen molar-refractivity contribution < 1.29 is 52.2 Å². The van der Waals surface area contributed by atoms with Gasteiger partial charge in [-0.2, -0.15) is 0 Å². The molecule has 2 N–H and O–H groups in total. The largest absolute Gasteiger partial charge is 0.472 e. The molecule has 74 heavy (non-hydrogen) atoms. The van der Waals surface area contributed by atoms with Gasteiger partial charge in [0, 0.05) is 19.3 Å². The zero-order valence-electron chi connectivity index (χ0n) is 48.1. The van der Waals surface area contributed by atoms with Crippen LogP contribution in [0.3, 0.4) is 0 Å². The van der Waals surface area contributed by atoms with Gasteiger partial charge < -0.3 is 24.2 Å². The van der Waals surface area contributed by atoms with E-state index >= 15 is 0 Å². The van der Waals surface area contributed by atoms with Crippen LogP contribution < -0.4 is 0 Å². The molecule has 11 nitrogen and oxygen atoms in total. The van der Waals surface area contributed by atoms with E-state index in [1.54, 1.807) is 0 Å². The van der Waals surface area contributed by atoms with Gasteiger partial charge >= 0.3 is 25.7 Å². The Balaban J connectivity index is 4.70. The minimum absolute atomic E-state index is 0.164. The fraction of sp³-hybridized carbons (Fsp3) is 0.855. The third-order valence-corrected chi connectivity index (χ3v) is 14.5. The van der Waals surface area contributed by atoms with Crippen molar-refractivity contribution in [1.29, 1.82) is 0 Å². The van der Waals surface area contributed by atoms with Gasteiger partial charge in [-0.1, -0.05) is 243 Å². The summed E-state index contributed by atoms with van der Waals surface area (Å²) in [5.41, 5.74) is 0. The summed E-state index contributed by atoms with van der Waals surface area (Å²) in [7, 11) is -4.75. The quantitative estimate of drug-likeness (QED) is 0.0197. The van der Waals surface area contributed by atoms with Gasteiger partial charge in [-0.05, 0) is 77.0 Å². The zero-order chi connectivity index (χ0) is 54.1. The topological polar surface area (TPSA) is 155 Å². The second-order valence-electron chi connectivity index (χ2n) is 20.9. The maximum atomic E-state index is 12.9. The van der Waals surface area contributed by atoms with Crippen LogP contribution in [0.25, 0.3) is 0 Å². The van der Waals surface area contributed by atoms with Crippen molar-refractivity contribution in [3.05, 3.63) is 36.5 Å². The number of carbonyl (C=O) groups is 3. The molecule has 0 aromatic rings. The first kappa shape index (κ1) is 71.7. The number of phosphoric acid groups is 1. The summed E-state index contributed by atoms with van der Waals surface area (Å²) in [4.78, 5) is 48.6. The Morgan fingerprint density at radius 1 is 0.378 bits per heavy atom. The number of ether oxygens (including phenoxy) is 3. The highest BCUT2D eigenvalue weighted by Gasteiger charge is 2.28. The molecule has 0 aliphatic heterocycles. The predicted octanol–water partition coefficient (Wildman–Crippen LogP) is 18.4. The minimum atomic E-state index is -4.75. The summed E-state index contributed by atoms with van der Waals surface area (Å²) in [6.45, 7) is 4.65. The van der Waals surface area contributed by atoms with Crippen molar-refractivity contribution in [3.63, 3.8) is 0 Å². The van der Waals surface area contributed by atoms with E-state index in [1.165, 1.54) is 154 Å². The van der Waals surface area contributed by atoms with Crippen molar-refractivity contribution in [3.8, 4) is 0 Å². The number of rotatable bonds is 58. The van der Waals surface area contributed by atoms with Gasteiger partial charge in [0.2, 0.25) is 0 Å². The van der Waals surface area contributed by atoms with Crippen LogP contribution in [0, 0.1) is 0 Å². The van der Waals surface area contributed by atoms with Crippen molar-refractivity contribution in [2.24, 2.45) is 0 Å². The van der Waals surface area contributed by atoms with Crippen LogP contribution in [0.1, 0.15) is 303 Å². The van der Waals surface area contributed by atoms with Gasteiger partial charge in [0.1, 0.15) is 12.7 Å². The lowest BCUT2D eigenvalue weighted by atomic mass is 10.0. The van der Waals surface area contributed by atoms with Crippen LogP contribution in [0.15, 0.2) is 36.5 Å². The Bertz CT molecular complexity index is 1380. The normalized spacial score (nSPS) is 13.5. The third-order valence-electron chi connectivity index (χ3n) is 13.5. The molecule has 0 spiro atoms. The van der Waals surface area contributed by atoms with Gasteiger partial charge in [-0.3, -0.25) is 23.4 Å². The molecule has 0 aliphatic carbocycles. The number of hydrogen-bond acceptors (Lipinski definition) is 10. The number of unbranched alkanes of at least 4 members (excludes halogenated alkanes) is 35. The Labute approximate surface area is 454 Å². The fourth-order valence-corrected chi connectivity index (χ4v) is 9.58. The molecule has 434 valence electrons. The van der Waals surface area contributed by atoms with Crippen molar-refractivity contribution in [1.82, 2.24) is 0 Å². The number of phosphoric ester groups is 1. The molecule has 0 saturated heterocycles. The summed E-state index contributed by atoms with van der Waals surface area (Å²) in [6.07, 6.45) is 59.5. The number of aliphatic hydroxyl groups excluding tert-OH is 1. The number of hydrogen-bond donors (Lipinski definition) is 2. The standard InChI is InChI=1S/C62H115O11P/c1-4-7-10-13-16-19-22-25-27-28-29-30-32-35-38-41-44-47-50-53-62(66)73-59(55-69-60(64)51-48-45-42-39-36-34-31-26-23-20-17-14-11-8-5-2)57-71-74(67,68)70-56-58(54-63)72-61(65)52-49-46-43-40-37-33-24-21-18-15-12-9-6-3/h16,19,25-27,31,58-59,63H,4-15,17-18,20-24,28-30,32-57H2,1-3H3,(H,67,68)/b19-16-,27-25-,31-26-. The second-order valence-corrected chi connectivity index (χ2v) is 22.3. The van der Waals surface area contributed by atoms with Gasteiger partial charge in [-0.25, -0.2) is 4.57 Å². The van der Waals surface area contributed by atoms with Crippen LogP contribution in [0.2, 0.25) is 0 Å². The highest BCUT2D eigenvalue weighted by atomic mass is 31.2. The molecular formula is C62H115O11P. The van der Waals surface area contributed by atoms with Crippen LogP contribution in [0.4, 0.5) is 0 Å². The summed E-state index contributed by atoms with van der Waals surface area (Å²) < 4.78 is 39.6. The summed E-state index contributed by atoms with van der Waals surface area (Å²) in [5, 5.41) is 9.82. The fourth-order valence-electron chi connectivity index (χ4n) is 8.79. The second kappa shape index (κ2) is 56.9. The predicted molar refractivity (Wildman–Crippen MR) is 307 cm³/mol. The molecule has 0 radical (unpaired) electrons. The first-order valence-corrected chi connectivity index (χ1v) is 32.4. The lowest BCUT2D eigenvalue weighted by molar-refractivity contribution is -0.161. The summed E-state index contributed by atoms with van der Waals surface area (Å²) >= 11 is 0. The Hall–Kier alpha value is -2.30. The molecule has 0 aromatic carbocycles. The van der Waals surface area contributed by atoms with E-state index in [0.29, 0.717) is 19.3 Å². The average Bonchev–Trinajstić information content (AvgIpc) is 3.39. The highest BCUT2D eigenvalue weighted by Crippen LogP contribution is 2.43. The van der Waals surface area contributed by atoms with Crippen LogP contribution in [-0.2, 0) is 42.2 Å². The SMILES string of the molecule is CCCCC/C=C\C/C=C\CCCCCCCCCCCC(=O)OC(COC(=O)CCCCCCC/C=C\CCCCCCCC)COP(=O)(O)OCC(CO)OC(=O)CCCCCCCCCCCCCCC. The van der Waals surface area contributed by atoms with E-state index in [0.717, 1.165) is 89.9 Å². The molecule has 0 fully saturated rings. The Morgan fingerprint density at radius 2 is 0.662 bits per heavy atom. The van der Waals surface area contributed by atoms with Crippen molar-refractivity contribution >= 4 is 25.7 Å². The van der Waals surface area contributed by atoms with Gasteiger partial charge in [0.05, 0.1) is 19.8 Å². The lowest BCUT2D eigenvalue weighted by Crippen LogP contribution is -2.30. The lowest BCUT2D eigenvalue weighted by Gasteiger charge is -2.21. The molecule has 0 aliphatic rings. The first-order valence-electron chi connectivity index (χ1n) is 30.9. The van der Waals surface area contributed by atoms with Crippen molar-refractivity contribution in [2.45, 2.75) is 315 Å². The molecule has 12 heteroatoms. The maximum absolute atomic E-state index is 12.9. The van der Waals surface area contributed by atoms with Crippen LogP contribution in [0.5, 0.6) is 0 Å². The van der Waals surface area contributed by atoms with Crippen molar-refractivity contribution in [2.75, 3.05) is 26.4 Å². The van der Waals surface area contributed by atoms with Gasteiger partial charge in [0.15, 0.2) is 6.10 Å². The minimum Gasteiger partial charge on any atom is -0.462 e. The van der Waals surface area contributed by atoms with E-state index in [2.05, 4.69) is 57.2 Å². The molecule has 0 saturated carbocycles. The summed E-state index contributed by atoms with van der Waals surface area (Å²) in [6, 6.07) is 0. The number of carbonyl (C=O) groups excluding carboxylic acids is 3. The Morgan fingerprint density at radius 3 is 1.04 bits per heavy atom. The molecule has 0 rings (SSSR count). The number of aliphatic hydroxyl groups is 1. The first-order chi connectivity index (χ1) is 36.2. The van der Waals surface area contributed by atoms with Gasteiger partial charge in [-0.15, -0.1) is 0 Å². The third kappa shape index (κ3) is 54.5. The smallest absolute Gasteiger partial charge is 0.462 e. The van der Waals surface area contributed by atoms with E-state index < -0.39 is 57.8 Å². The monoisotopic (exact) mass is 1070 g/mol. The zero-order valence-corrected chi connectivity index (χ0v) is 49.0. The molecule has 0 amide bonds. The number of allylic oxidation sites excluding steroid dienone is 6.